The first-order valence-corrected chi connectivity index (χ1v) is 5.96. The van der Waals surface area contributed by atoms with E-state index in [0.717, 1.165) is 31.5 Å². The summed E-state index contributed by atoms with van der Waals surface area (Å²) in [7, 11) is 3.45. The van der Waals surface area contributed by atoms with Crippen molar-refractivity contribution >= 4 is 5.69 Å². The summed E-state index contributed by atoms with van der Waals surface area (Å²) in [5.74, 6) is -1.23. The number of anilines is 1. The molecule has 1 heterocycles. The molecule has 0 amide bonds. The molecule has 1 aliphatic rings. The van der Waals surface area contributed by atoms with Crippen molar-refractivity contribution < 1.29 is 8.78 Å². The van der Waals surface area contributed by atoms with Crippen molar-refractivity contribution in [3.8, 4) is 0 Å². The SMILES string of the molecule is CN(C)c1cc(C2CCCNC2)cc(F)c1F. The first kappa shape index (κ1) is 12.3. The van der Waals surface area contributed by atoms with Gasteiger partial charge in [-0.3, -0.25) is 0 Å². The molecule has 1 aromatic carbocycles. The van der Waals surface area contributed by atoms with E-state index >= 15 is 0 Å². The Morgan fingerprint density at radius 3 is 2.65 bits per heavy atom. The molecule has 2 rings (SSSR count). The standard InChI is InChI=1S/C13H18F2N2/c1-17(2)12-7-10(6-11(14)13(12)15)9-4-3-5-16-8-9/h6-7,9,16H,3-5,8H2,1-2H3. The minimum atomic E-state index is -0.762. The van der Waals surface area contributed by atoms with Gasteiger partial charge >= 0.3 is 0 Å². The van der Waals surface area contributed by atoms with Crippen molar-refractivity contribution in [1.29, 1.82) is 0 Å². The van der Waals surface area contributed by atoms with Gasteiger partial charge in [0.2, 0.25) is 0 Å². The molecule has 94 valence electrons. The molecule has 1 fully saturated rings. The topological polar surface area (TPSA) is 15.3 Å². The number of hydrogen-bond acceptors (Lipinski definition) is 2. The van der Waals surface area contributed by atoms with Crippen molar-refractivity contribution in [3.05, 3.63) is 29.3 Å². The molecule has 1 aliphatic heterocycles. The summed E-state index contributed by atoms with van der Waals surface area (Å²) in [5.41, 5.74) is 1.21. The van der Waals surface area contributed by atoms with Crippen LogP contribution in [0.5, 0.6) is 0 Å². The number of benzene rings is 1. The van der Waals surface area contributed by atoms with Gasteiger partial charge in [-0.05, 0) is 43.0 Å². The molecule has 1 saturated heterocycles. The first-order chi connectivity index (χ1) is 8.09. The molecule has 0 spiro atoms. The van der Waals surface area contributed by atoms with Crippen LogP contribution < -0.4 is 10.2 Å². The summed E-state index contributed by atoms with van der Waals surface area (Å²) < 4.78 is 27.1. The smallest absolute Gasteiger partial charge is 0.182 e. The molecule has 1 unspecified atom stereocenters. The van der Waals surface area contributed by atoms with Gasteiger partial charge in [0.1, 0.15) is 0 Å². The van der Waals surface area contributed by atoms with E-state index in [-0.39, 0.29) is 5.92 Å². The largest absolute Gasteiger partial charge is 0.375 e. The zero-order valence-electron chi connectivity index (χ0n) is 10.3. The van der Waals surface area contributed by atoms with E-state index in [4.69, 9.17) is 0 Å². The van der Waals surface area contributed by atoms with Gasteiger partial charge in [0.25, 0.3) is 0 Å². The van der Waals surface area contributed by atoms with Crippen LogP contribution in [-0.4, -0.2) is 27.2 Å². The fourth-order valence-electron chi connectivity index (χ4n) is 2.29. The lowest BCUT2D eigenvalue weighted by molar-refractivity contribution is 0.455. The molecule has 0 radical (unpaired) electrons. The average Bonchev–Trinajstić information content (AvgIpc) is 2.33. The third-order valence-electron chi connectivity index (χ3n) is 3.28. The summed E-state index contributed by atoms with van der Waals surface area (Å²) in [6, 6.07) is 3.09. The highest BCUT2D eigenvalue weighted by Crippen LogP contribution is 2.29. The van der Waals surface area contributed by atoms with E-state index in [0.29, 0.717) is 5.69 Å². The summed E-state index contributed by atoms with van der Waals surface area (Å²) in [5, 5.41) is 3.29. The van der Waals surface area contributed by atoms with Gasteiger partial charge in [0, 0.05) is 20.6 Å². The van der Waals surface area contributed by atoms with E-state index in [9.17, 15) is 8.78 Å². The summed E-state index contributed by atoms with van der Waals surface area (Å²) >= 11 is 0. The third-order valence-corrected chi connectivity index (χ3v) is 3.28. The maximum absolute atomic E-state index is 13.6. The molecule has 0 aromatic heterocycles. The zero-order chi connectivity index (χ0) is 12.4. The number of nitrogens with zero attached hydrogens (tertiary/aromatic N) is 1. The minimum absolute atomic E-state index is 0.289. The predicted molar refractivity (Wildman–Crippen MR) is 65.5 cm³/mol. The Kier molecular flexibility index (Phi) is 3.62. The molecular weight excluding hydrogens is 222 g/mol. The third kappa shape index (κ3) is 2.57. The van der Waals surface area contributed by atoms with Crippen LogP contribution in [0.2, 0.25) is 0 Å². The Morgan fingerprint density at radius 2 is 2.06 bits per heavy atom. The van der Waals surface area contributed by atoms with Crippen LogP contribution in [0.4, 0.5) is 14.5 Å². The quantitative estimate of drug-likeness (QED) is 0.854. The van der Waals surface area contributed by atoms with Crippen molar-refractivity contribution in [1.82, 2.24) is 5.32 Å². The van der Waals surface area contributed by atoms with E-state index in [1.54, 1.807) is 25.1 Å². The van der Waals surface area contributed by atoms with Crippen LogP contribution in [-0.2, 0) is 0 Å². The Bertz CT molecular complexity index is 399. The van der Waals surface area contributed by atoms with Crippen molar-refractivity contribution in [3.63, 3.8) is 0 Å². The highest BCUT2D eigenvalue weighted by Gasteiger charge is 2.19. The van der Waals surface area contributed by atoms with Gasteiger partial charge in [-0.15, -0.1) is 0 Å². The average molecular weight is 240 g/mol. The molecule has 4 heteroatoms. The fraction of sp³-hybridized carbons (Fsp3) is 0.538. The highest BCUT2D eigenvalue weighted by atomic mass is 19.2. The van der Waals surface area contributed by atoms with Crippen LogP contribution in [0.1, 0.15) is 24.3 Å². The Hall–Kier alpha value is -1.16. The van der Waals surface area contributed by atoms with Gasteiger partial charge in [0.05, 0.1) is 5.69 Å². The van der Waals surface area contributed by atoms with Gasteiger partial charge < -0.3 is 10.2 Å². The van der Waals surface area contributed by atoms with Crippen molar-refractivity contribution in [2.45, 2.75) is 18.8 Å². The van der Waals surface area contributed by atoms with Gasteiger partial charge in [0.15, 0.2) is 11.6 Å². The number of halogens is 2. The van der Waals surface area contributed by atoms with Gasteiger partial charge in [-0.1, -0.05) is 0 Å². The Balaban J connectivity index is 2.34. The second-order valence-electron chi connectivity index (χ2n) is 4.77. The number of rotatable bonds is 2. The van der Waals surface area contributed by atoms with Gasteiger partial charge in [-0.25, -0.2) is 8.78 Å². The van der Waals surface area contributed by atoms with Gasteiger partial charge in [-0.2, -0.15) is 0 Å². The maximum atomic E-state index is 13.6. The van der Waals surface area contributed by atoms with Crippen LogP contribution in [0, 0.1) is 11.6 Å². The first-order valence-electron chi connectivity index (χ1n) is 5.96. The molecule has 0 aliphatic carbocycles. The lowest BCUT2D eigenvalue weighted by atomic mass is 9.91. The molecule has 0 saturated carbocycles. The van der Waals surface area contributed by atoms with E-state index < -0.39 is 11.6 Å². The second kappa shape index (κ2) is 5.00. The zero-order valence-corrected chi connectivity index (χ0v) is 10.3. The van der Waals surface area contributed by atoms with Crippen LogP contribution in [0.25, 0.3) is 0 Å². The monoisotopic (exact) mass is 240 g/mol. The number of nitrogens with one attached hydrogen (secondary N) is 1. The van der Waals surface area contributed by atoms with Crippen molar-refractivity contribution in [2.24, 2.45) is 0 Å². The molecule has 0 bridgehead atoms. The lowest BCUT2D eigenvalue weighted by Crippen LogP contribution is -2.28. The molecule has 2 nitrogen and oxygen atoms in total. The molecular formula is C13H18F2N2. The summed E-state index contributed by atoms with van der Waals surface area (Å²) in [6.45, 7) is 1.86. The number of piperidine rings is 1. The Labute approximate surface area is 101 Å². The van der Waals surface area contributed by atoms with Crippen LogP contribution >= 0.6 is 0 Å². The molecule has 1 N–H and O–H groups in total. The van der Waals surface area contributed by atoms with E-state index in [2.05, 4.69) is 5.32 Å². The maximum Gasteiger partial charge on any atom is 0.182 e. The molecule has 17 heavy (non-hydrogen) atoms. The molecule has 1 atom stereocenters. The van der Waals surface area contributed by atoms with Crippen LogP contribution in [0.15, 0.2) is 12.1 Å². The summed E-state index contributed by atoms with van der Waals surface area (Å²) in [4.78, 5) is 1.61. The van der Waals surface area contributed by atoms with Crippen molar-refractivity contribution in [2.75, 3.05) is 32.1 Å². The summed E-state index contributed by atoms with van der Waals surface area (Å²) in [6.07, 6.45) is 2.12. The predicted octanol–water partition coefficient (Wildman–Crippen LogP) is 2.50. The number of hydrogen-bond donors (Lipinski definition) is 1. The fourth-order valence-corrected chi connectivity index (χ4v) is 2.29. The second-order valence-corrected chi connectivity index (χ2v) is 4.77. The van der Waals surface area contributed by atoms with E-state index in [1.807, 2.05) is 0 Å². The molecule has 1 aromatic rings. The lowest BCUT2D eigenvalue weighted by Gasteiger charge is -2.25. The normalized spacial score (nSPS) is 20.4. The Morgan fingerprint density at radius 1 is 1.29 bits per heavy atom. The van der Waals surface area contributed by atoms with E-state index in [1.165, 1.54) is 6.07 Å². The van der Waals surface area contributed by atoms with Crippen LogP contribution in [0.3, 0.4) is 0 Å². The minimum Gasteiger partial charge on any atom is -0.375 e. The highest BCUT2D eigenvalue weighted by molar-refractivity contribution is 5.50.